The number of amides is 2. The molecule has 1 saturated carbocycles. The highest BCUT2D eigenvalue weighted by Crippen LogP contribution is 2.36. The van der Waals surface area contributed by atoms with Crippen LogP contribution >= 0.6 is 11.3 Å². The minimum Gasteiger partial charge on any atom is -0.488 e. The lowest BCUT2D eigenvalue weighted by Crippen LogP contribution is -2.34. The van der Waals surface area contributed by atoms with E-state index in [4.69, 9.17) is 15.2 Å². The molecule has 0 bridgehead atoms. The molecule has 0 radical (unpaired) electrons. The first-order chi connectivity index (χ1) is 13.0. The van der Waals surface area contributed by atoms with Gasteiger partial charge < -0.3 is 20.5 Å². The Kier molecular flexibility index (Phi) is 4.63. The van der Waals surface area contributed by atoms with Gasteiger partial charge in [0.15, 0.2) is 11.9 Å². The first-order valence-corrected chi connectivity index (χ1v) is 9.81. The zero-order chi connectivity index (χ0) is 19.1. The largest absolute Gasteiger partial charge is 0.488 e. The van der Waals surface area contributed by atoms with Gasteiger partial charge in [-0.15, -0.1) is 11.3 Å². The van der Waals surface area contributed by atoms with E-state index in [-0.39, 0.29) is 30.2 Å². The molecule has 3 heterocycles. The summed E-state index contributed by atoms with van der Waals surface area (Å²) in [5.41, 5.74) is 6.26. The molecule has 2 aliphatic rings. The second-order valence-electron chi connectivity index (χ2n) is 6.87. The van der Waals surface area contributed by atoms with Crippen molar-refractivity contribution in [2.75, 3.05) is 6.61 Å². The summed E-state index contributed by atoms with van der Waals surface area (Å²) >= 11 is 1.37. The molecule has 144 valence electrons. The first-order valence-electron chi connectivity index (χ1n) is 8.93. The highest BCUT2D eigenvalue weighted by atomic mass is 32.1. The summed E-state index contributed by atoms with van der Waals surface area (Å²) in [6.45, 7) is 1.99. The summed E-state index contributed by atoms with van der Waals surface area (Å²) in [4.78, 5) is 27.7. The number of rotatable bonds is 7. The van der Waals surface area contributed by atoms with Crippen molar-refractivity contribution in [2.45, 2.75) is 44.5 Å². The summed E-state index contributed by atoms with van der Waals surface area (Å²) < 4.78 is 26.2. The monoisotopic (exact) mass is 393 g/mol. The van der Waals surface area contributed by atoms with Gasteiger partial charge in [0.2, 0.25) is 5.88 Å². The second kappa shape index (κ2) is 6.95. The van der Waals surface area contributed by atoms with E-state index in [2.05, 4.69) is 10.3 Å². The smallest absolute Gasteiger partial charge is 0.255 e. The van der Waals surface area contributed by atoms with Crippen molar-refractivity contribution in [1.29, 1.82) is 0 Å². The molecule has 2 aromatic rings. The van der Waals surface area contributed by atoms with Gasteiger partial charge in [-0.2, -0.15) is 0 Å². The maximum absolute atomic E-state index is 13.9. The van der Waals surface area contributed by atoms with Gasteiger partial charge in [0, 0.05) is 11.3 Å². The van der Waals surface area contributed by atoms with Crippen molar-refractivity contribution in [3.63, 3.8) is 0 Å². The Labute approximate surface area is 159 Å². The predicted molar refractivity (Wildman–Crippen MR) is 97.9 cm³/mol. The number of nitrogens with zero attached hydrogens (tertiary/aromatic N) is 1. The second-order valence-corrected chi connectivity index (χ2v) is 7.78. The molecule has 3 atom stereocenters. The van der Waals surface area contributed by atoms with Crippen LogP contribution in [0.5, 0.6) is 11.6 Å². The van der Waals surface area contributed by atoms with Gasteiger partial charge in [-0.05, 0) is 25.3 Å². The Morgan fingerprint density at radius 1 is 1.48 bits per heavy atom. The molecule has 0 aromatic carbocycles. The number of nitrogens with one attached hydrogen (secondary N) is 1. The molecule has 3 N–H and O–H groups in total. The van der Waals surface area contributed by atoms with Crippen LogP contribution in [0, 0.1) is 5.92 Å². The molecule has 1 aliphatic heterocycles. The van der Waals surface area contributed by atoms with E-state index < -0.39 is 23.9 Å². The minimum atomic E-state index is -1.50. The van der Waals surface area contributed by atoms with Gasteiger partial charge in [0.1, 0.15) is 23.8 Å². The third-order valence-corrected chi connectivity index (χ3v) is 5.80. The molecule has 9 heteroatoms. The van der Waals surface area contributed by atoms with Crippen molar-refractivity contribution in [2.24, 2.45) is 11.7 Å². The van der Waals surface area contributed by atoms with Crippen LogP contribution in [0.3, 0.4) is 0 Å². The Hall–Kier alpha value is -2.42. The number of carbonyl (C=O) groups is 2. The molecular weight excluding hydrogens is 373 g/mol. The van der Waals surface area contributed by atoms with E-state index >= 15 is 0 Å². The number of thiophene rings is 1. The number of nitrogens with two attached hydrogens (primary N) is 1. The maximum atomic E-state index is 13.9. The van der Waals surface area contributed by atoms with E-state index in [1.54, 1.807) is 11.4 Å². The fourth-order valence-corrected chi connectivity index (χ4v) is 4.09. The molecule has 4 rings (SSSR count). The quantitative estimate of drug-likeness (QED) is 0.750. The number of ether oxygens (including phenoxy) is 2. The zero-order valence-electron chi connectivity index (χ0n) is 14.7. The van der Waals surface area contributed by atoms with Crippen LogP contribution < -0.4 is 20.5 Å². The van der Waals surface area contributed by atoms with Crippen molar-refractivity contribution >= 4 is 33.4 Å². The normalized spacial score (nSPS) is 24.8. The third-order valence-electron chi connectivity index (χ3n) is 4.91. The van der Waals surface area contributed by atoms with Crippen molar-refractivity contribution in [3.05, 3.63) is 17.0 Å². The van der Waals surface area contributed by atoms with E-state index in [1.807, 2.05) is 6.92 Å². The molecule has 2 amide bonds. The molecule has 1 saturated heterocycles. The van der Waals surface area contributed by atoms with Gasteiger partial charge in [-0.25, -0.2) is 9.37 Å². The number of hydrogen-bond acceptors (Lipinski definition) is 6. The Morgan fingerprint density at radius 2 is 2.26 bits per heavy atom. The maximum Gasteiger partial charge on any atom is 0.255 e. The third kappa shape index (κ3) is 3.43. The highest BCUT2D eigenvalue weighted by molar-refractivity contribution is 7.17. The molecule has 1 aliphatic carbocycles. The number of hydrogen-bond donors (Lipinski definition) is 2. The van der Waals surface area contributed by atoms with Gasteiger partial charge in [-0.1, -0.05) is 6.92 Å². The number of carbonyl (C=O) groups excluding carboxylic acids is 2. The lowest BCUT2D eigenvalue weighted by Gasteiger charge is -2.18. The molecule has 0 spiro atoms. The van der Waals surface area contributed by atoms with Crippen LogP contribution in [0.1, 0.15) is 36.5 Å². The van der Waals surface area contributed by atoms with Gasteiger partial charge in [0.05, 0.1) is 10.7 Å². The number of fused-ring (bicyclic) bond motifs is 1. The average molecular weight is 393 g/mol. The number of aromatic nitrogens is 1. The summed E-state index contributed by atoms with van der Waals surface area (Å²) in [6.07, 6.45) is 0.955. The number of alkyl halides is 1. The lowest BCUT2D eigenvalue weighted by molar-refractivity contribution is -0.123. The summed E-state index contributed by atoms with van der Waals surface area (Å²) in [6, 6.07) is 1.27. The Bertz CT molecular complexity index is 898. The van der Waals surface area contributed by atoms with E-state index in [9.17, 15) is 14.0 Å². The molecule has 3 unspecified atom stereocenters. The Morgan fingerprint density at radius 3 is 2.93 bits per heavy atom. The van der Waals surface area contributed by atoms with Crippen LogP contribution in [-0.2, 0) is 4.79 Å². The fraction of sp³-hybridized carbons (Fsp3) is 0.500. The van der Waals surface area contributed by atoms with Crippen LogP contribution in [0.15, 0.2) is 11.4 Å². The van der Waals surface area contributed by atoms with Crippen molar-refractivity contribution in [3.8, 4) is 11.6 Å². The van der Waals surface area contributed by atoms with Crippen molar-refractivity contribution in [1.82, 2.24) is 10.3 Å². The van der Waals surface area contributed by atoms with Crippen LogP contribution in [0.4, 0.5) is 4.39 Å². The van der Waals surface area contributed by atoms with Gasteiger partial charge in [0.25, 0.3) is 11.8 Å². The number of pyridine rings is 1. The topological polar surface area (TPSA) is 104 Å². The SMILES string of the molecule is CCC1C(COc2csc3cc(C(N)=O)c(OC4CC4)nc23)NC(=O)C1F. The van der Waals surface area contributed by atoms with Crippen LogP contribution in [0.25, 0.3) is 10.2 Å². The van der Waals surface area contributed by atoms with Crippen molar-refractivity contribution < 1.29 is 23.5 Å². The number of primary amides is 1. The lowest BCUT2D eigenvalue weighted by atomic mass is 9.97. The molecular formula is C18H20FN3O4S. The van der Waals surface area contributed by atoms with Gasteiger partial charge in [-0.3, -0.25) is 9.59 Å². The minimum absolute atomic E-state index is 0.0663. The standard InChI is InChI=1S/C18H20FN3O4S/c1-2-9-11(21-17(24)14(9)19)6-25-12-7-27-13-5-10(16(20)23)18(22-15(12)13)26-8-3-4-8/h5,7-9,11,14H,2-4,6H2,1H3,(H2,20,23)(H,21,24). The van der Waals surface area contributed by atoms with E-state index in [1.165, 1.54) is 11.3 Å². The Balaban J connectivity index is 1.57. The predicted octanol–water partition coefficient (Wildman–Crippen LogP) is 2.18. The van der Waals surface area contributed by atoms with Gasteiger partial charge >= 0.3 is 0 Å². The van der Waals surface area contributed by atoms with E-state index in [0.29, 0.717) is 17.7 Å². The van der Waals surface area contributed by atoms with Crippen LogP contribution in [0.2, 0.25) is 0 Å². The van der Waals surface area contributed by atoms with Crippen LogP contribution in [-0.4, -0.2) is 41.7 Å². The first kappa shape index (κ1) is 18.0. The fourth-order valence-electron chi connectivity index (χ4n) is 3.23. The molecule has 2 aromatic heterocycles. The summed E-state index contributed by atoms with van der Waals surface area (Å²) in [5.74, 6) is -0.867. The van der Waals surface area contributed by atoms with E-state index in [0.717, 1.165) is 17.5 Å². The highest BCUT2D eigenvalue weighted by Gasteiger charge is 2.41. The average Bonchev–Trinajstić information content (AvgIpc) is 3.30. The zero-order valence-corrected chi connectivity index (χ0v) is 15.6. The summed E-state index contributed by atoms with van der Waals surface area (Å²) in [5, 5.41) is 4.41. The summed E-state index contributed by atoms with van der Waals surface area (Å²) in [7, 11) is 0. The number of halogens is 1. The molecule has 7 nitrogen and oxygen atoms in total. The molecule has 27 heavy (non-hydrogen) atoms. The molecule has 2 fully saturated rings.